The molecule has 0 radical (unpaired) electrons. The van der Waals surface area contributed by atoms with E-state index >= 15 is 0 Å². The van der Waals surface area contributed by atoms with Gasteiger partial charge in [-0.3, -0.25) is 28.7 Å². The molecule has 2 aromatic carbocycles. The first-order valence-electron chi connectivity index (χ1n) is 23.9. The van der Waals surface area contributed by atoms with E-state index in [1.54, 1.807) is 40.3 Å². The Bertz CT molecular complexity index is 2640. The number of hydrogen-bond donors (Lipinski definition) is 4. The minimum Gasteiger partial charge on any atom is -0.391 e. The van der Waals surface area contributed by atoms with Crippen molar-refractivity contribution in [1.29, 1.82) is 0 Å². The van der Waals surface area contributed by atoms with Crippen LogP contribution in [-0.2, 0) is 19.2 Å². The molecule has 7 rings (SSSR count). The summed E-state index contributed by atoms with van der Waals surface area (Å²) in [5, 5.41) is 27.2. The van der Waals surface area contributed by atoms with E-state index in [9.17, 15) is 24.3 Å². The number of hydrogen-bond acceptors (Lipinski definition) is 12. The average molecular weight is 999 g/mol. The molecule has 15 nitrogen and oxygen atoms in total. The van der Waals surface area contributed by atoms with Crippen molar-refractivity contribution in [2.24, 2.45) is 10.4 Å². The Morgan fingerprint density at radius 2 is 1.55 bits per heavy atom. The molecule has 3 aromatic heterocycles. The number of thiazole rings is 1. The van der Waals surface area contributed by atoms with Gasteiger partial charge < -0.3 is 25.5 Å². The molecule has 5 aromatic rings. The van der Waals surface area contributed by atoms with Crippen LogP contribution in [0, 0.1) is 33.1 Å². The fourth-order valence-electron chi connectivity index (χ4n) is 8.86. The SMILES string of the molecule is Cc1ncsc1-c1ccc(ONC(=O)[C@@H]2C[C@@H](O)CN2C(=O)[C@@H](NC(=O)CCCCCCCCCCNC(=O)C[C@@H]2N=C(c3ccc(Cl)cc3)c3c(sc(C)c3C)-n3c(C)nnc32)C(C)(C)C)cc1. The van der Waals surface area contributed by atoms with Crippen molar-refractivity contribution in [2.45, 2.75) is 143 Å². The second-order valence-electron chi connectivity index (χ2n) is 19.2. The molecule has 4 N–H and O–H groups in total. The molecule has 2 aliphatic rings. The molecule has 4 atom stereocenters. The van der Waals surface area contributed by atoms with Crippen molar-refractivity contribution in [3.05, 3.63) is 98.0 Å². The van der Waals surface area contributed by atoms with E-state index in [4.69, 9.17) is 21.4 Å². The van der Waals surface area contributed by atoms with E-state index in [0.29, 0.717) is 29.6 Å². The lowest BCUT2D eigenvalue weighted by Crippen LogP contribution is -2.58. The number of rotatable bonds is 20. The monoisotopic (exact) mass is 997 g/mol. The van der Waals surface area contributed by atoms with Crippen LogP contribution >= 0.6 is 34.3 Å². The normalized spacial score (nSPS) is 17.1. The molecular formula is C51H64ClN9O6S2. The zero-order chi connectivity index (χ0) is 49.4. The van der Waals surface area contributed by atoms with Crippen molar-refractivity contribution in [3.63, 3.8) is 0 Å². The number of aryl methyl sites for hydroxylation is 3. The quantitative estimate of drug-likeness (QED) is 0.0436. The maximum absolute atomic E-state index is 14.0. The topological polar surface area (TPSA) is 193 Å². The number of aromatic nitrogens is 4. The molecule has 5 heterocycles. The highest BCUT2D eigenvalue weighted by molar-refractivity contribution is 7.15. The number of carbonyl (C=O) groups is 4. The van der Waals surface area contributed by atoms with Crippen LogP contribution in [0.2, 0.25) is 5.02 Å². The summed E-state index contributed by atoms with van der Waals surface area (Å²) in [4.78, 5) is 72.6. The second kappa shape index (κ2) is 23.0. The third kappa shape index (κ3) is 12.7. The van der Waals surface area contributed by atoms with E-state index in [1.807, 2.05) is 71.0 Å². The summed E-state index contributed by atoms with van der Waals surface area (Å²) in [6.45, 7) is 14.2. The zero-order valence-electron chi connectivity index (χ0n) is 40.6. The molecular weight excluding hydrogens is 934 g/mol. The number of thiophene rings is 1. The lowest BCUT2D eigenvalue weighted by Gasteiger charge is -2.35. The Balaban J connectivity index is 0.797. The fraction of sp³-hybridized carbons (Fsp3) is 0.490. The zero-order valence-corrected chi connectivity index (χ0v) is 43.0. The van der Waals surface area contributed by atoms with Crippen molar-refractivity contribution in [1.82, 2.24) is 40.8 Å². The standard InChI is InChI=1S/C51H64ClN9O6S2/c1-30-32(3)69-50-43(30)44(34-17-21-36(52)22-18-34)55-39(47-58-57-33(4)61(47)50)27-42(64)53-25-15-13-11-9-8-10-12-14-16-41(63)56-46(51(5,6)7)49(66)60-28-37(62)26-40(60)48(65)59-67-38-23-19-35(20-24-38)45-31(2)54-29-68-45/h17-24,29,37,39-40,46,62H,8-16,25-28H2,1-7H3,(H,53,64)(H,56,63)(H,59,65)/t37-,39+,40+,46-/m1/s1. The van der Waals surface area contributed by atoms with E-state index in [0.717, 1.165) is 94.3 Å². The van der Waals surface area contributed by atoms with E-state index in [1.165, 1.54) is 9.78 Å². The minimum absolute atomic E-state index is 0.0257. The minimum atomic E-state index is -0.965. The third-order valence-electron chi connectivity index (χ3n) is 12.8. The largest absolute Gasteiger partial charge is 0.391 e. The van der Waals surface area contributed by atoms with Gasteiger partial charge in [0.2, 0.25) is 17.7 Å². The van der Waals surface area contributed by atoms with Crippen molar-refractivity contribution in [2.75, 3.05) is 13.1 Å². The lowest BCUT2D eigenvalue weighted by molar-refractivity contribution is -0.145. The predicted octanol–water partition coefficient (Wildman–Crippen LogP) is 8.85. The van der Waals surface area contributed by atoms with Gasteiger partial charge in [0, 0.05) is 47.0 Å². The summed E-state index contributed by atoms with van der Waals surface area (Å²) in [5.74, 6) is 0.540. The highest BCUT2D eigenvalue weighted by Crippen LogP contribution is 2.40. The van der Waals surface area contributed by atoms with E-state index < -0.39 is 41.5 Å². The highest BCUT2D eigenvalue weighted by Gasteiger charge is 2.45. The Kier molecular flexibility index (Phi) is 17.1. The van der Waals surface area contributed by atoms with Crippen LogP contribution < -0.4 is 21.0 Å². The number of nitrogens with zero attached hydrogens (tertiary/aromatic N) is 6. The molecule has 1 fully saturated rings. The Morgan fingerprint density at radius 1 is 0.884 bits per heavy atom. The van der Waals surface area contributed by atoms with Crippen LogP contribution in [0.15, 0.2) is 59.0 Å². The fourth-order valence-corrected chi connectivity index (χ4v) is 11.0. The van der Waals surface area contributed by atoms with Crippen LogP contribution in [0.1, 0.15) is 136 Å². The number of β-amino-alcohol motifs (C(OH)–C–C–N with tert-alkyl or cyclic N) is 1. The summed E-state index contributed by atoms with van der Waals surface area (Å²) < 4.78 is 2.05. The van der Waals surface area contributed by atoms with Gasteiger partial charge in [0.1, 0.15) is 29.0 Å². The number of hydroxylamine groups is 1. The molecule has 4 amide bonds. The van der Waals surface area contributed by atoms with Gasteiger partial charge >= 0.3 is 0 Å². The number of aliphatic imine (C=N–C) groups is 1. The van der Waals surface area contributed by atoms with Gasteiger partial charge in [-0.15, -0.1) is 32.9 Å². The number of aliphatic hydroxyl groups excluding tert-OH is 1. The maximum atomic E-state index is 14.0. The summed E-state index contributed by atoms with van der Waals surface area (Å²) in [6, 6.07) is 12.5. The first kappa shape index (κ1) is 51.4. The molecule has 0 bridgehead atoms. The van der Waals surface area contributed by atoms with Crippen LogP contribution in [0.25, 0.3) is 15.4 Å². The number of fused-ring (bicyclic) bond motifs is 3. The molecule has 0 saturated carbocycles. The molecule has 2 aliphatic heterocycles. The number of likely N-dealkylation sites (tertiary alicyclic amines) is 1. The summed E-state index contributed by atoms with van der Waals surface area (Å²) in [5.41, 5.74) is 9.44. The molecule has 0 aliphatic carbocycles. The average Bonchev–Trinajstić information content (AvgIpc) is 4.08. The van der Waals surface area contributed by atoms with Crippen LogP contribution in [0.3, 0.4) is 0 Å². The van der Waals surface area contributed by atoms with Crippen molar-refractivity contribution in [3.8, 4) is 21.2 Å². The number of nitrogens with one attached hydrogen (secondary N) is 3. The van der Waals surface area contributed by atoms with Gasteiger partial charge in [0.15, 0.2) is 11.6 Å². The van der Waals surface area contributed by atoms with Gasteiger partial charge in [-0.25, -0.2) is 4.98 Å². The Hall–Kier alpha value is -5.49. The molecule has 18 heteroatoms. The first-order chi connectivity index (χ1) is 33.0. The van der Waals surface area contributed by atoms with Crippen LogP contribution in [0.5, 0.6) is 5.75 Å². The number of benzene rings is 2. The molecule has 0 unspecified atom stereocenters. The number of aliphatic hydroxyl groups is 1. The number of carbonyl (C=O) groups excluding carboxylic acids is 4. The van der Waals surface area contributed by atoms with Crippen LogP contribution in [0.4, 0.5) is 0 Å². The lowest BCUT2D eigenvalue weighted by atomic mass is 9.85. The molecule has 69 heavy (non-hydrogen) atoms. The smallest absolute Gasteiger partial charge is 0.275 e. The Labute approximate surface area is 417 Å². The highest BCUT2D eigenvalue weighted by atomic mass is 35.5. The van der Waals surface area contributed by atoms with Crippen LogP contribution in [-0.4, -0.2) is 90.4 Å². The molecule has 368 valence electrons. The number of unbranched alkanes of at least 4 members (excludes halogenated alkanes) is 7. The first-order valence-corrected chi connectivity index (χ1v) is 26.0. The van der Waals surface area contributed by atoms with Gasteiger partial charge in [-0.1, -0.05) is 83.0 Å². The Morgan fingerprint density at radius 3 is 2.22 bits per heavy atom. The maximum Gasteiger partial charge on any atom is 0.275 e. The molecule has 1 saturated heterocycles. The summed E-state index contributed by atoms with van der Waals surface area (Å²) in [7, 11) is 0. The number of halogens is 1. The summed E-state index contributed by atoms with van der Waals surface area (Å²) >= 11 is 9.47. The van der Waals surface area contributed by atoms with Gasteiger partial charge in [0.25, 0.3) is 5.91 Å². The van der Waals surface area contributed by atoms with Crippen molar-refractivity contribution < 1.29 is 29.1 Å². The van der Waals surface area contributed by atoms with Gasteiger partial charge in [-0.05, 0) is 93.5 Å². The van der Waals surface area contributed by atoms with E-state index in [2.05, 4.69) is 49.7 Å². The predicted molar refractivity (Wildman–Crippen MR) is 271 cm³/mol. The molecule has 0 spiro atoms. The number of amides is 4. The third-order valence-corrected chi connectivity index (χ3v) is 15.2. The van der Waals surface area contributed by atoms with E-state index in [-0.39, 0.29) is 37.6 Å². The van der Waals surface area contributed by atoms with Crippen molar-refractivity contribution >= 4 is 63.6 Å². The second-order valence-corrected chi connectivity index (χ2v) is 21.7. The van der Waals surface area contributed by atoms with Gasteiger partial charge in [-0.2, -0.15) is 5.48 Å². The van der Waals surface area contributed by atoms with Gasteiger partial charge in [0.05, 0.1) is 34.3 Å². The summed E-state index contributed by atoms with van der Waals surface area (Å²) in [6.07, 6.45) is 7.16.